The fraction of sp³-hybridized carbons (Fsp3) is 0. The molecule has 0 saturated carbocycles. The van der Waals surface area contributed by atoms with Crippen LogP contribution in [-0.4, -0.2) is 10.5 Å². The fourth-order valence-corrected chi connectivity index (χ4v) is 0.501. The van der Waals surface area contributed by atoms with Gasteiger partial charge in [-0.25, -0.2) is 0 Å². The second-order valence-corrected chi connectivity index (χ2v) is 1.48. The predicted molar refractivity (Wildman–Crippen MR) is 30.4 cm³/mol. The van der Waals surface area contributed by atoms with Crippen LogP contribution in [0.4, 0.5) is 0 Å². The lowest BCUT2D eigenvalue weighted by Crippen LogP contribution is -2.00. The largest absolute Gasteiger partial charge is 0.295 e. The first-order valence-corrected chi connectivity index (χ1v) is 2.30. The first-order chi connectivity index (χ1) is 3.80. The Morgan fingerprint density at radius 3 is 2.12 bits per heavy atom. The molecule has 1 heterocycles. The van der Waals surface area contributed by atoms with Gasteiger partial charge in [0.25, 0.3) is 0 Å². The van der Waals surface area contributed by atoms with Gasteiger partial charge in [-0.05, 0) is 12.1 Å². The molecule has 0 amide bonds. The summed E-state index contributed by atoms with van der Waals surface area (Å²) in [5.41, 5.74) is 0. The Hall–Kier alpha value is -1.05. The molecule has 0 bridgehead atoms. The van der Waals surface area contributed by atoms with Crippen LogP contribution in [0.5, 0.6) is 0 Å². The van der Waals surface area contributed by atoms with Crippen molar-refractivity contribution in [2.75, 3.05) is 0 Å². The van der Waals surface area contributed by atoms with Crippen LogP contribution in [0.15, 0.2) is 24.5 Å². The molecule has 2 nitrogen and oxygen atoms in total. The van der Waals surface area contributed by atoms with E-state index < -0.39 is 0 Å². The number of carbonyl (C=O) groups is 1. The Bertz CT molecular complexity index is 176. The van der Waals surface area contributed by atoms with Crippen LogP contribution in [0.2, 0.25) is 0 Å². The molecule has 0 atom stereocenters. The molecule has 0 aliphatic rings. The molecule has 1 aromatic heterocycles. The molecule has 0 fully saturated rings. The molecule has 0 spiro atoms. The maximum atomic E-state index is 10.4. The zero-order chi connectivity index (χ0) is 5.98. The number of carbonyl (C=O) groups excluding carboxylic acids is 1. The van der Waals surface area contributed by atoms with Crippen molar-refractivity contribution in [2.45, 2.75) is 0 Å². The van der Waals surface area contributed by atoms with Crippen LogP contribution in [0, 0.1) is 6.92 Å². The maximum absolute atomic E-state index is 10.4. The summed E-state index contributed by atoms with van der Waals surface area (Å²) in [4.78, 5) is 10.4. The third-order valence-electron chi connectivity index (χ3n) is 0.892. The summed E-state index contributed by atoms with van der Waals surface area (Å²) in [6.07, 6.45) is 3.32. The van der Waals surface area contributed by atoms with Gasteiger partial charge in [-0.1, -0.05) is 0 Å². The van der Waals surface area contributed by atoms with Gasteiger partial charge < -0.3 is 0 Å². The Morgan fingerprint density at radius 1 is 1.38 bits per heavy atom. The van der Waals surface area contributed by atoms with Crippen LogP contribution in [0.25, 0.3) is 0 Å². The highest BCUT2D eigenvalue weighted by Crippen LogP contribution is 1.86. The Kier molecular flexibility index (Phi) is 1.16. The predicted octanol–water partition coefficient (Wildman–Crippen LogP) is 0.962. The van der Waals surface area contributed by atoms with Crippen LogP contribution in [0.3, 0.4) is 0 Å². The van der Waals surface area contributed by atoms with Gasteiger partial charge in [0.1, 0.15) is 0 Å². The molecule has 8 heavy (non-hydrogen) atoms. The molecule has 0 aliphatic carbocycles. The summed E-state index contributed by atoms with van der Waals surface area (Å²) in [5.74, 6) is -0.199. The van der Waals surface area contributed by atoms with Gasteiger partial charge in [-0.2, -0.15) is 0 Å². The molecule has 0 aromatic carbocycles. The summed E-state index contributed by atoms with van der Waals surface area (Å²) in [5, 5.41) is 0. The SMILES string of the molecule is [CH2]C(=O)n1cccc1. The monoisotopic (exact) mass is 108 g/mol. The normalized spacial score (nSPS) is 9.12. The van der Waals surface area contributed by atoms with Crippen molar-refractivity contribution < 1.29 is 4.79 Å². The molecule has 0 unspecified atom stereocenters. The van der Waals surface area contributed by atoms with E-state index in [0.29, 0.717) is 0 Å². The highest BCUT2D eigenvalue weighted by atomic mass is 16.1. The molecule has 0 aliphatic heterocycles. The van der Waals surface area contributed by atoms with E-state index in [0.717, 1.165) is 0 Å². The third-order valence-corrected chi connectivity index (χ3v) is 0.892. The van der Waals surface area contributed by atoms with Crippen LogP contribution < -0.4 is 0 Å². The molecule has 1 radical (unpaired) electrons. The average Bonchev–Trinajstić information content (AvgIpc) is 2.12. The molecule has 2 heteroatoms. The first kappa shape index (κ1) is 5.09. The minimum absolute atomic E-state index is 0.199. The fourth-order valence-electron chi connectivity index (χ4n) is 0.501. The number of rotatable bonds is 0. The molecule has 0 saturated heterocycles. The van der Waals surface area contributed by atoms with Gasteiger partial charge in [0.05, 0.1) is 0 Å². The number of nitrogens with zero attached hydrogens (tertiary/aromatic N) is 1. The Labute approximate surface area is 47.7 Å². The van der Waals surface area contributed by atoms with Crippen molar-refractivity contribution in [2.24, 2.45) is 0 Å². The van der Waals surface area contributed by atoms with Gasteiger partial charge in [0.2, 0.25) is 5.91 Å². The summed E-state index contributed by atoms with van der Waals surface area (Å²) in [7, 11) is 0. The number of hydrogen-bond donors (Lipinski definition) is 0. The van der Waals surface area contributed by atoms with Crippen molar-refractivity contribution in [1.82, 2.24) is 4.57 Å². The highest BCUT2D eigenvalue weighted by molar-refractivity contribution is 5.82. The lowest BCUT2D eigenvalue weighted by molar-refractivity contribution is 0.0966. The van der Waals surface area contributed by atoms with Crippen LogP contribution >= 0.6 is 0 Å². The molecule has 0 N–H and O–H groups in total. The minimum Gasteiger partial charge on any atom is -0.295 e. The van der Waals surface area contributed by atoms with Crippen molar-refractivity contribution >= 4 is 5.91 Å². The minimum atomic E-state index is -0.199. The van der Waals surface area contributed by atoms with E-state index in [-0.39, 0.29) is 5.91 Å². The summed E-state index contributed by atoms with van der Waals surface area (Å²) >= 11 is 0. The average molecular weight is 108 g/mol. The van der Waals surface area contributed by atoms with E-state index >= 15 is 0 Å². The lowest BCUT2D eigenvalue weighted by Gasteiger charge is -1.88. The van der Waals surface area contributed by atoms with E-state index in [1.807, 2.05) is 0 Å². The van der Waals surface area contributed by atoms with Crippen LogP contribution in [0.1, 0.15) is 4.79 Å². The molecular formula is C6H6NO. The van der Waals surface area contributed by atoms with Crippen molar-refractivity contribution in [3.05, 3.63) is 31.5 Å². The molecule has 41 valence electrons. The van der Waals surface area contributed by atoms with Crippen molar-refractivity contribution in [3.63, 3.8) is 0 Å². The van der Waals surface area contributed by atoms with Gasteiger partial charge in [-0.15, -0.1) is 0 Å². The molecule has 1 rings (SSSR count). The topological polar surface area (TPSA) is 22.0 Å². The Morgan fingerprint density at radius 2 is 1.88 bits per heavy atom. The van der Waals surface area contributed by atoms with Gasteiger partial charge in [0.15, 0.2) is 0 Å². The highest BCUT2D eigenvalue weighted by Gasteiger charge is 1.89. The first-order valence-electron chi connectivity index (χ1n) is 2.30. The number of hydrogen-bond acceptors (Lipinski definition) is 1. The lowest BCUT2D eigenvalue weighted by atomic mass is 10.7. The van der Waals surface area contributed by atoms with Gasteiger partial charge in [-0.3, -0.25) is 9.36 Å². The smallest absolute Gasteiger partial charge is 0.231 e. The summed E-state index contributed by atoms with van der Waals surface area (Å²) in [6, 6.07) is 3.56. The zero-order valence-electron chi connectivity index (χ0n) is 4.37. The van der Waals surface area contributed by atoms with Crippen molar-refractivity contribution in [1.29, 1.82) is 0 Å². The second kappa shape index (κ2) is 1.82. The molecule has 1 aromatic rings. The van der Waals surface area contributed by atoms with Gasteiger partial charge in [0, 0.05) is 19.3 Å². The second-order valence-electron chi connectivity index (χ2n) is 1.48. The van der Waals surface area contributed by atoms with E-state index in [2.05, 4.69) is 6.92 Å². The van der Waals surface area contributed by atoms with E-state index in [1.165, 1.54) is 4.57 Å². The quantitative estimate of drug-likeness (QED) is 0.485. The van der Waals surface area contributed by atoms with E-state index in [1.54, 1.807) is 24.5 Å². The number of aromatic nitrogens is 1. The summed E-state index contributed by atoms with van der Waals surface area (Å²) in [6.45, 7) is 3.20. The summed E-state index contributed by atoms with van der Waals surface area (Å²) < 4.78 is 1.42. The van der Waals surface area contributed by atoms with Gasteiger partial charge >= 0.3 is 0 Å². The van der Waals surface area contributed by atoms with Crippen LogP contribution in [-0.2, 0) is 0 Å². The zero-order valence-corrected chi connectivity index (χ0v) is 4.37. The Balaban J connectivity index is 2.93. The van der Waals surface area contributed by atoms with Crippen molar-refractivity contribution in [3.8, 4) is 0 Å². The maximum Gasteiger partial charge on any atom is 0.231 e. The standard InChI is InChI=1S/C6H6NO/c1-6(8)7-4-2-3-5-7/h2-5H,1H2. The van der Waals surface area contributed by atoms with E-state index in [9.17, 15) is 4.79 Å². The molecular weight excluding hydrogens is 102 g/mol. The third kappa shape index (κ3) is 0.780. The van der Waals surface area contributed by atoms with E-state index in [4.69, 9.17) is 0 Å².